The van der Waals surface area contributed by atoms with Crippen molar-refractivity contribution in [3.05, 3.63) is 0 Å². The van der Waals surface area contributed by atoms with Crippen molar-refractivity contribution in [2.45, 2.75) is 38.8 Å². The molecule has 0 aliphatic rings. The molecule has 0 spiro atoms. The molecule has 0 saturated carbocycles. The van der Waals surface area contributed by atoms with Crippen molar-refractivity contribution in [2.24, 2.45) is 0 Å². The monoisotopic (exact) mass is 192 g/mol. The van der Waals surface area contributed by atoms with Crippen LogP contribution in [0.5, 0.6) is 0 Å². The van der Waals surface area contributed by atoms with Crippen molar-refractivity contribution >= 4 is 27.5 Å². The lowest BCUT2D eigenvalue weighted by molar-refractivity contribution is -0.287. The zero-order valence-corrected chi connectivity index (χ0v) is 10.5. The summed E-state index contributed by atoms with van der Waals surface area (Å²) in [5.41, 5.74) is -0.269. The number of rotatable bonds is 3. The highest BCUT2D eigenvalue weighted by atomic mass is 32.1. The van der Waals surface area contributed by atoms with E-state index in [1.165, 1.54) is 0 Å². The largest absolute Gasteiger partial charge is 0.330 e. The van der Waals surface area contributed by atoms with Crippen molar-refractivity contribution < 1.29 is 9.78 Å². The molecule has 0 saturated heterocycles. The molecule has 4 heteroatoms. The zero-order valence-electron chi connectivity index (χ0n) is 7.64. The Kier molecular flexibility index (Phi) is 4.88. The number of thiocarbonyl (C=S) groups is 1. The van der Waals surface area contributed by atoms with Gasteiger partial charge in [0.05, 0.1) is 0 Å². The highest BCUT2D eigenvalue weighted by Gasteiger charge is 2.12. The van der Waals surface area contributed by atoms with Gasteiger partial charge in [0.25, 0.3) is 0 Å². The van der Waals surface area contributed by atoms with Gasteiger partial charge in [-0.3, -0.25) is 0 Å². The summed E-state index contributed by atoms with van der Waals surface area (Å²) in [6, 6.07) is 1.13. The fraction of sp³-hybridized carbons (Fsp3) is 0.857. The molecule has 2 nitrogen and oxygen atoms in total. The van der Waals surface area contributed by atoms with Crippen molar-refractivity contribution in [1.29, 1.82) is 0 Å². The van der Waals surface area contributed by atoms with Crippen molar-refractivity contribution in [3.63, 3.8) is 0 Å². The molecule has 11 heavy (non-hydrogen) atoms. The third-order valence-electron chi connectivity index (χ3n) is 0.839. The first-order valence-corrected chi connectivity index (χ1v) is 5.66. The van der Waals surface area contributed by atoms with Crippen LogP contribution in [0.2, 0.25) is 6.04 Å². The second-order valence-electron chi connectivity index (χ2n) is 3.40. The number of hydrogen-bond donors (Lipinski definition) is 0. The van der Waals surface area contributed by atoms with Crippen LogP contribution in [-0.4, -0.2) is 20.9 Å². The van der Waals surface area contributed by atoms with Crippen molar-refractivity contribution in [3.8, 4) is 0 Å². The Morgan fingerprint density at radius 1 is 1.45 bits per heavy atom. The van der Waals surface area contributed by atoms with Gasteiger partial charge >= 0.3 is 0 Å². The van der Waals surface area contributed by atoms with E-state index in [9.17, 15) is 0 Å². The third kappa shape index (κ3) is 7.97. The van der Waals surface area contributed by atoms with E-state index in [1.807, 2.05) is 20.8 Å². The Morgan fingerprint density at radius 3 is 2.36 bits per heavy atom. The molecular weight excluding hydrogens is 176 g/mol. The maximum Gasteiger partial charge on any atom is 0.205 e. The van der Waals surface area contributed by atoms with E-state index >= 15 is 0 Å². The van der Waals surface area contributed by atoms with Gasteiger partial charge in [-0.15, -0.1) is 0 Å². The van der Waals surface area contributed by atoms with Gasteiger partial charge in [0.2, 0.25) is 5.05 Å². The van der Waals surface area contributed by atoms with Crippen LogP contribution in [0, 0.1) is 0 Å². The summed E-state index contributed by atoms with van der Waals surface area (Å²) in [5, 5.41) is 0.565. The molecule has 0 amide bonds. The molecule has 0 unspecified atom stereocenters. The van der Waals surface area contributed by atoms with Crippen molar-refractivity contribution in [2.75, 3.05) is 0 Å². The molecule has 0 radical (unpaired) electrons. The first-order chi connectivity index (χ1) is 4.95. The normalized spacial score (nSPS) is 11.5. The first kappa shape index (κ1) is 11.1. The topological polar surface area (TPSA) is 18.5 Å². The molecule has 0 N–H and O–H groups in total. The van der Waals surface area contributed by atoms with E-state index in [2.05, 4.69) is 0 Å². The maximum absolute atomic E-state index is 5.02. The molecule has 0 aliphatic carbocycles. The molecule has 66 valence electrons. The lowest BCUT2D eigenvalue weighted by Crippen LogP contribution is -2.21. The average molecular weight is 192 g/mol. The van der Waals surface area contributed by atoms with Gasteiger partial charge in [-0.1, -0.05) is 6.04 Å². The molecule has 0 heterocycles. The Morgan fingerprint density at radius 2 is 2.00 bits per heavy atom. The molecular formula is C7H16O2SSi. The van der Waals surface area contributed by atoms with Crippen LogP contribution in [0.15, 0.2) is 0 Å². The van der Waals surface area contributed by atoms with E-state index in [0.29, 0.717) is 5.05 Å². The van der Waals surface area contributed by atoms with E-state index in [4.69, 9.17) is 22.0 Å². The molecule has 0 bridgehead atoms. The van der Waals surface area contributed by atoms with E-state index in [0.717, 1.165) is 22.7 Å². The maximum atomic E-state index is 5.02. The summed E-state index contributed by atoms with van der Waals surface area (Å²) in [4.78, 5) is 9.92. The summed E-state index contributed by atoms with van der Waals surface area (Å²) in [7, 11) is 1.16. The minimum Gasteiger partial charge on any atom is -0.330 e. The Hall–Kier alpha value is 0.0669. The van der Waals surface area contributed by atoms with Gasteiger partial charge in [0.15, 0.2) is 0 Å². The SMILES string of the molecule is CC(C)(C)OOC(=S)CC[SiH3]. The first-order valence-electron chi connectivity index (χ1n) is 3.84. The Labute approximate surface area is 76.6 Å². The van der Waals surface area contributed by atoms with Gasteiger partial charge in [0.1, 0.15) is 5.60 Å². The Balaban J connectivity index is 3.46. The van der Waals surface area contributed by atoms with Crippen LogP contribution >= 0.6 is 12.2 Å². The van der Waals surface area contributed by atoms with Gasteiger partial charge in [-0.2, -0.15) is 4.89 Å². The van der Waals surface area contributed by atoms with E-state index in [-0.39, 0.29) is 5.60 Å². The number of hydrogen-bond acceptors (Lipinski definition) is 3. The summed E-state index contributed by atoms with van der Waals surface area (Å²) >= 11 is 4.90. The lowest BCUT2D eigenvalue weighted by atomic mass is 10.2. The van der Waals surface area contributed by atoms with E-state index in [1.54, 1.807) is 0 Å². The standard InChI is InChI=1S/C7H16O2SSi/c1-7(2,3)9-8-6(10)4-5-11/h4-5H2,1-3,11H3. The minimum atomic E-state index is -0.269. The smallest absolute Gasteiger partial charge is 0.205 e. The van der Waals surface area contributed by atoms with Crippen LogP contribution in [0.4, 0.5) is 0 Å². The van der Waals surface area contributed by atoms with Crippen LogP contribution < -0.4 is 0 Å². The molecule has 0 rings (SSSR count). The summed E-state index contributed by atoms with van der Waals surface area (Å²) in [6.07, 6.45) is 0.845. The predicted molar refractivity (Wildman–Crippen MR) is 53.9 cm³/mol. The molecule has 0 fully saturated rings. The van der Waals surface area contributed by atoms with Gasteiger partial charge in [-0.25, -0.2) is 0 Å². The van der Waals surface area contributed by atoms with E-state index < -0.39 is 0 Å². The second-order valence-corrected chi connectivity index (χ2v) is 4.86. The molecule has 0 atom stereocenters. The van der Waals surface area contributed by atoms with Crippen LogP contribution in [0.1, 0.15) is 27.2 Å². The molecule has 0 aliphatic heterocycles. The third-order valence-corrected chi connectivity index (χ3v) is 1.61. The average Bonchev–Trinajstić information content (AvgIpc) is 1.83. The van der Waals surface area contributed by atoms with Crippen LogP contribution in [0.3, 0.4) is 0 Å². The molecule has 0 aromatic rings. The Bertz CT molecular complexity index is 131. The van der Waals surface area contributed by atoms with Crippen LogP contribution in [-0.2, 0) is 9.78 Å². The highest BCUT2D eigenvalue weighted by Crippen LogP contribution is 2.08. The lowest BCUT2D eigenvalue weighted by Gasteiger charge is -2.17. The van der Waals surface area contributed by atoms with Gasteiger partial charge in [0, 0.05) is 16.7 Å². The van der Waals surface area contributed by atoms with Crippen LogP contribution in [0.25, 0.3) is 0 Å². The van der Waals surface area contributed by atoms with Crippen molar-refractivity contribution in [1.82, 2.24) is 0 Å². The summed E-state index contributed by atoms with van der Waals surface area (Å²) < 4.78 is 0. The quantitative estimate of drug-likeness (QED) is 0.290. The molecule has 0 aromatic heterocycles. The fourth-order valence-corrected chi connectivity index (χ4v) is 1.47. The molecule has 0 aromatic carbocycles. The fourth-order valence-electron chi connectivity index (χ4n) is 0.417. The second kappa shape index (κ2) is 4.85. The zero-order chi connectivity index (χ0) is 8.91. The summed E-state index contributed by atoms with van der Waals surface area (Å²) in [6.45, 7) is 5.78. The summed E-state index contributed by atoms with van der Waals surface area (Å²) in [5.74, 6) is 0. The highest BCUT2D eigenvalue weighted by molar-refractivity contribution is 7.80. The minimum absolute atomic E-state index is 0.269. The van der Waals surface area contributed by atoms with Gasteiger partial charge in [-0.05, 0) is 33.0 Å². The van der Waals surface area contributed by atoms with Gasteiger partial charge < -0.3 is 4.89 Å². The predicted octanol–water partition coefficient (Wildman–Crippen LogP) is 1.23.